The Morgan fingerprint density at radius 3 is 2.85 bits per heavy atom. The average Bonchev–Trinajstić information content (AvgIpc) is 2.68. The van der Waals surface area contributed by atoms with Gasteiger partial charge in [0, 0.05) is 31.3 Å². The number of nitrogens with zero attached hydrogens (tertiary/aromatic N) is 2. The van der Waals surface area contributed by atoms with Gasteiger partial charge in [0.1, 0.15) is 11.6 Å². The first-order valence-electron chi connectivity index (χ1n) is 6.21. The summed E-state index contributed by atoms with van der Waals surface area (Å²) in [4.78, 5) is 15.2. The van der Waals surface area contributed by atoms with Gasteiger partial charge in [-0.25, -0.2) is 9.37 Å². The lowest BCUT2D eigenvalue weighted by Crippen LogP contribution is -2.12. The molecule has 0 fully saturated rings. The number of nitrogens with two attached hydrogens (primary N) is 1. The number of aryl methyl sites for hydroxylation is 2. The molecule has 2 rings (SSSR count). The molecule has 0 aliphatic rings. The number of alkyl halides is 1. The molecular formula is C13H14Cl2FN3O. The Bertz CT molecular complexity index is 642. The lowest BCUT2D eigenvalue weighted by atomic mass is 10.2. The highest BCUT2D eigenvalue weighted by Crippen LogP contribution is 2.24. The smallest absolute Gasteiger partial charge is 0.217 e. The third-order valence-corrected chi connectivity index (χ3v) is 3.47. The molecule has 7 heteroatoms. The Balaban J connectivity index is 2.39. The normalized spacial score (nSPS) is 11.2. The van der Waals surface area contributed by atoms with E-state index >= 15 is 0 Å². The number of hydrogen-bond donors (Lipinski definition) is 1. The fourth-order valence-corrected chi connectivity index (χ4v) is 2.43. The maximum atomic E-state index is 13.5. The van der Waals surface area contributed by atoms with Gasteiger partial charge in [0.05, 0.1) is 16.1 Å². The first-order chi connectivity index (χ1) is 9.52. The van der Waals surface area contributed by atoms with E-state index in [0.29, 0.717) is 30.8 Å². The van der Waals surface area contributed by atoms with E-state index in [-0.39, 0.29) is 17.4 Å². The number of aromatic nitrogens is 2. The van der Waals surface area contributed by atoms with E-state index in [9.17, 15) is 9.18 Å². The lowest BCUT2D eigenvalue weighted by Gasteiger charge is -2.08. The number of imidazole rings is 1. The van der Waals surface area contributed by atoms with E-state index < -0.39 is 5.82 Å². The maximum Gasteiger partial charge on any atom is 0.217 e. The van der Waals surface area contributed by atoms with Gasteiger partial charge in [-0.15, -0.1) is 11.6 Å². The molecule has 0 aliphatic heterocycles. The molecule has 4 nitrogen and oxygen atoms in total. The first-order valence-corrected chi connectivity index (χ1v) is 7.12. The zero-order valence-corrected chi connectivity index (χ0v) is 12.2. The molecule has 1 amide bonds. The van der Waals surface area contributed by atoms with Crippen LogP contribution in [0, 0.1) is 5.82 Å². The summed E-state index contributed by atoms with van der Waals surface area (Å²) >= 11 is 11.6. The number of hydrogen-bond acceptors (Lipinski definition) is 2. The fourth-order valence-electron chi connectivity index (χ4n) is 2.11. The van der Waals surface area contributed by atoms with Crippen molar-refractivity contribution < 1.29 is 9.18 Å². The molecule has 1 heterocycles. The van der Waals surface area contributed by atoms with Crippen molar-refractivity contribution in [1.29, 1.82) is 0 Å². The molecule has 0 radical (unpaired) electrons. The molecular weight excluding hydrogens is 304 g/mol. The van der Waals surface area contributed by atoms with E-state index in [1.165, 1.54) is 6.07 Å². The molecule has 2 aromatic rings. The highest BCUT2D eigenvalue weighted by atomic mass is 35.5. The number of amides is 1. The Hall–Kier alpha value is -1.33. The van der Waals surface area contributed by atoms with Gasteiger partial charge in [-0.3, -0.25) is 4.79 Å². The van der Waals surface area contributed by atoms with Crippen LogP contribution in [0.4, 0.5) is 4.39 Å². The van der Waals surface area contributed by atoms with Crippen LogP contribution in [0.3, 0.4) is 0 Å². The minimum atomic E-state index is -0.502. The minimum absolute atomic E-state index is 0.0472. The van der Waals surface area contributed by atoms with Crippen LogP contribution in [0.5, 0.6) is 0 Å². The summed E-state index contributed by atoms with van der Waals surface area (Å²) in [6.07, 6.45) is 1.44. The summed E-state index contributed by atoms with van der Waals surface area (Å²) in [5, 5.41) is 0.0472. The van der Waals surface area contributed by atoms with E-state index in [2.05, 4.69) is 4.98 Å². The summed E-state index contributed by atoms with van der Waals surface area (Å²) in [6, 6.07) is 2.85. The fraction of sp³-hybridized carbons (Fsp3) is 0.385. The summed E-state index contributed by atoms with van der Waals surface area (Å²) in [5.74, 6) is 0.312. The van der Waals surface area contributed by atoms with Crippen molar-refractivity contribution in [2.45, 2.75) is 25.8 Å². The highest BCUT2D eigenvalue weighted by molar-refractivity contribution is 6.31. The summed E-state index contributed by atoms with van der Waals surface area (Å²) in [6.45, 7) is 0.563. The van der Waals surface area contributed by atoms with E-state index in [4.69, 9.17) is 28.9 Å². The number of benzene rings is 1. The van der Waals surface area contributed by atoms with Crippen LogP contribution in [0.15, 0.2) is 12.1 Å². The molecule has 1 aromatic heterocycles. The van der Waals surface area contributed by atoms with Crippen molar-refractivity contribution in [3.63, 3.8) is 0 Å². The van der Waals surface area contributed by atoms with Crippen LogP contribution >= 0.6 is 23.2 Å². The quantitative estimate of drug-likeness (QED) is 0.833. The molecule has 108 valence electrons. The lowest BCUT2D eigenvalue weighted by molar-refractivity contribution is -0.118. The zero-order valence-electron chi connectivity index (χ0n) is 10.7. The zero-order chi connectivity index (χ0) is 14.7. The van der Waals surface area contributed by atoms with Gasteiger partial charge in [0.2, 0.25) is 5.91 Å². The van der Waals surface area contributed by atoms with Crippen molar-refractivity contribution in [1.82, 2.24) is 9.55 Å². The van der Waals surface area contributed by atoms with Crippen molar-refractivity contribution in [3.05, 3.63) is 28.8 Å². The molecule has 0 atom stereocenters. The van der Waals surface area contributed by atoms with E-state index in [0.717, 1.165) is 11.3 Å². The third-order valence-electron chi connectivity index (χ3n) is 2.99. The van der Waals surface area contributed by atoms with E-state index in [1.54, 1.807) is 6.07 Å². The van der Waals surface area contributed by atoms with Crippen LogP contribution in [0.1, 0.15) is 18.7 Å². The summed E-state index contributed by atoms with van der Waals surface area (Å²) in [7, 11) is 0. The van der Waals surface area contributed by atoms with Gasteiger partial charge >= 0.3 is 0 Å². The Kier molecular flexibility index (Phi) is 4.83. The van der Waals surface area contributed by atoms with E-state index in [1.807, 2.05) is 4.57 Å². The maximum absolute atomic E-state index is 13.5. The molecule has 0 unspecified atom stereocenters. The number of carbonyl (C=O) groups excluding carboxylic acids is 1. The Labute approximate surface area is 125 Å². The van der Waals surface area contributed by atoms with Crippen molar-refractivity contribution in [2.24, 2.45) is 5.73 Å². The van der Waals surface area contributed by atoms with Gasteiger partial charge in [-0.2, -0.15) is 0 Å². The van der Waals surface area contributed by atoms with Crippen molar-refractivity contribution in [3.8, 4) is 0 Å². The van der Waals surface area contributed by atoms with Crippen LogP contribution in [0.25, 0.3) is 11.0 Å². The molecule has 0 aliphatic carbocycles. The molecule has 20 heavy (non-hydrogen) atoms. The summed E-state index contributed by atoms with van der Waals surface area (Å²) in [5.41, 5.74) is 6.40. The predicted octanol–water partition coefficient (Wildman–Crippen LogP) is 2.88. The molecule has 0 saturated heterocycles. The predicted molar refractivity (Wildman–Crippen MR) is 77.6 cm³/mol. The molecule has 0 spiro atoms. The summed E-state index contributed by atoms with van der Waals surface area (Å²) < 4.78 is 15.4. The van der Waals surface area contributed by atoms with Crippen LogP contribution in [0.2, 0.25) is 5.02 Å². The number of rotatable bonds is 6. The third kappa shape index (κ3) is 3.22. The standard InChI is InChI=1S/C13H14Cl2FN3O/c14-4-3-13-18-10-7-9(16)8(15)6-11(10)19(13)5-1-2-12(17)20/h6-7H,1-5H2,(H2,17,20). The Morgan fingerprint density at radius 1 is 1.45 bits per heavy atom. The second kappa shape index (κ2) is 6.41. The van der Waals surface area contributed by atoms with Crippen molar-refractivity contribution in [2.75, 3.05) is 5.88 Å². The minimum Gasteiger partial charge on any atom is -0.370 e. The van der Waals surface area contributed by atoms with Gasteiger partial charge in [0.25, 0.3) is 0 Å². The second-order valence-electron chi connectivity index (χ2n) is 4.44. The topological polar surface area (TPSA) is 60.9 Å². The Morgan fingerprint density at radius 2 is 2.20 bits per heavy atom. The second-order valence-corrected chi connectivity index (χ2v) is 5.23. The number of halogens is 3. The largest absolute Gasteiger partial charge is 0.370 e. The first kappa shape index (κ1) is 15.1. The van der Waals surface area contributed by atoms with Gasteiger partial charge in [-0.05, 0) is 12.5 Å². The highest BCUT2D eigenvalue weighted by Gasteiger charge is 2.13. The van der Waals surface area contributed by atoms with Crippen LogP contribution in [-0.2, 0) is 17.8 Å². The van der Waals surface area contributed by atoms with Crippen LogP contribution < -0.4 is 5.73 Å². The van der Waals surface area contributed by atoms with Gasteiger partial charge in [-0.1, -0.05) is 11.6 Å². The molecule has 0 bridgehead atoms. The van der Waals surface area contributed by atoms with Crippen molar-refractivity contribution >= 4 is 40.1 Å². The van der Waals surface area contributed by atoms with Gasteiger partial charge in [0.15, 0.2) is 0 Å². The number of primary amides is 1. The molecule has 0 saturated carbocycles. The van der Waals surface area contributed by atoms with Gasteiger partial charge < -0.3 is 10.3 Å². The number of carbonyl (C=O) groups is 1. The molecule has 2 N–H and O–H groups in total. The molecule has 1 aromatic carbocycles. The number of fused-ring (bicyclic) bond motifs is 1. The average molecular weight is 318 g/mol. The monoisotopic (exact) mass is 317 g/mol. The SMILES string of the molecule is NC(=O)CCCn1c(CCCl)nc2cc(F)c(Cl)cc21. The van der Waals surface area contributed by atoms with Crippen LogP contribution in [-0.4, -0.2) is 21.3 Å².